The number of carbonyl (C=O) groups excluding carboxylic acids is 3. The molecular formula is C26H29NO9. The second kappa shape index (κ2) is 10.7. The molecule has 10 nitrogen and oxygen atoms in total. The van der Waals surface area contributed by atoms with Crippen LogP contribution in [0.2, 0.25) is 0 Å². The van der Waals surface area contributed by atoms with Crippen LogP contribution in [-0.4, -0.2) is 64.2 Å². The van der Waals surface area contributed by atoms with Gasteiger partial charge >= 0.3 is 23.9 Å². The lowest BCUT2D eigenvalue weighted by molar-refractivity contribution is -0.370. The molecule has 0 saturated heterocycles. The van der Waals surface area contributed by atoms with Crippen molar-refractivity contribution in [3.8, 4) is 17.2 Å². The summed E-state index contributed by atoms with van der Waals surface area (Å²) in [7, 11) is 7.63. The zero-order valence-corrected chi connectivity index (χ0v) is 21.0. The first-order chi connectivity index (χ1) is 17.2. The van der Waals surface area contributed by atoms with Crippen molar-refractivity contribution in [2.75, 3.05) is 35.4 Å². The van der Waals surface area contributed by atoms with Gasteiger partial charge in [0.25, 0.3) is 0 Å². The van der Waals surface area contributed by atoms with E-state index in [1.54, 1.807) is 56.3 Å². The average Bonchev–Trinajstić information content (AvgIpc) is 3.01. The van der Waals surface area contributed by atoms with Crippen molar-refractivity contribution < 1.29 is 42.8 Å². The Morgan fingerprint density at radius 2 is 1.44 bits per heavy atom. The summed E-state index contributed by atoms with van der Waals surface area (Å²) in [5, 5.41) is 0. The van der Waals surface area contributed by atoms with Crippen molar-refractivity contribution in [3.63, 3.8) is 0 Å². The van der Waals surface area contributed by atoms with Crippen LogP contribution < -0.4 is 14.2 Å². The van der Waals surface area contributed by atoms with E-state index in [1.165, 1.54) is 33.5 Å². The lowest BCUT2D eigenvalue weighted by Gasteiger charge is -2.48. The summed E-state index contributed by atoms with van der Waals surface area (Å²) in [5.41, 5.74) is -0.871. The van der Waals surface area contributed by atoms with Crippen LogP contribution in [0.3, 0.4) is 0 Å². The number of rotatable bonds is 9. The van der Waals surface area contributed by atoms with Gasteiger partial charge in [-0.3, -0.25) is 4.90 Å². The van der Waals surface area contributed by atoms with Crippen molar-refractivity contribution >= 4 is 17.9 Å². The molecule has 1 aliphatic heterocycles. The minimum Gasteiger partial charge on any atom is -0.493 e. The third-order valence-electron chi connectivity index (χ3n) is 5.99. The molecule has 0 aromatic heterocycles. The number of carbonyl (C=O) groups is 3. The van der Waals surface area contributed by atoms with Crippen LogP contribution in [0.4, 0.5) is 0 Å². The van der Waals surface area contributed by atoms with Crippen LogP contribution in [0.1, 0.15) is 29.3 Å². The maximum atomic E-state index is 13.6. The van der Waals surface area contributed by atoms with E-state index < -0.39 is 29.4 Å². The molecule has 1 heterocycles. The van der Waals surface area contributed by atoms with Crippen molar-refractivity contribution in [1.82, 2.24) is 4.90 Å². The molecule has 1 atom stereocenters. The number of hydrogen-bond acceptors (Lipinski definition) is 10. The van der Waals surface area contributed by atoms with Crippen molar-refractivity contribution in [2.24, 2.45) is 0 Å². The summed E-state index contributed by atoms with van der Waals surface area (Å²) in [6, 6.07) is 11.6. The van der Waals surface area contributed by atoms with Gasteiger partial charge in [0.15, 0.2) is 17.0 Å². The van der Waals surface area contributed by atoms with Crippen molar-refractivity contribution in [3.05, 3.63) is 65.7 Å². The van der Waals surface area contributed by atoms with Gasteiger partial charge in [0, 0.05) is 12.2 Å². The quantitative estimate of drug-likeness (QED) is 0.478. The molecule has 0 amide bonds. The van der Waals surface area contributed by atoms with E-state index in [4.69, 9.17) is 28.4 Å². The molecule has 10 heteroatoms. The number of ether oxygens (including phenoxy) is 6. The van der Waals surface area contributed by atoms with Crippen LogP contribution in [0.25, 0.3) is 0 Å². The maximum absolute atomic E-state index is 13.6. The zero-order valence-electron chi connectivity index (χ0n) is 21.0. The van der Waals surface area contributed by atoms with Crippen LogP contribution in [0.5, 0.6) is 17.2 Å². The monoisotopic (exact) mass is 499 g/mol. The number of methoxy groups -OCH3 is 3. The number of likely N-dealkylation sites (N-methyl/N-ethyl adjacent to an activating group) is 1. The first-order valence-corrected chi connectivity index (χ1v) is 11.1. The van der Waals surface area contributed by atoms with Crippen LogP contribution in [0.15, 0.2) is 54.6 Å². The Kier molecular flexibility index (Phi) is 7.89. The van der Waals surface area contributed by atoms with Gasteiger partial charge in [0.1, 0.15) is 0 Å². The molecule has 0 spiro atoms. The number of benzene rings is 2. The Balaban J connectivity index is 2.23. The predicted molar refractivity (Wildman–Crippen MR) is 128 cm³/mol. The summed E-state index contributed by atoms with van der Waals surface area (Å²) in [5.74, 6) is -4.64. The molecule has 2 aromatic carbocycles. The molecule has 2 aromatic rings. The topological polar surface area (TPSA) is 110 Å². The summed E-state index contributed by atoms with van der Waals surface area (Å²) in [4.78, 5) is 40.6. The van der Waals surface area contributed by atoms with Gasteiger partial charge in [-0.15, -0.1) is 0 Å². The van der Waals surface area contributed by atoms with E-state index in [0.717, 1.165) is 12.2 Å². The van der Waals surface area contributed by atoms with E-state index in [9.17, 15) is 14.4 Å². The maximum Gasteiger partial charge on any atom is 0.448 e. The minimum atomic E-state index is -2.50. The Hall–Kier alpha value is -4.05. The average molecular weight is 500 g/mol. The Morgan fingerprint density at radius 1 is 0.917 bits per heavy atom. The summed E-state index contributed by atoms with van der Waals surface area (Å²) < 4.78 is 33.2. The van der Waals surface area contributed by atoms with E-state index in [1.807, 2.05) is 0 Å². The van der Waals surface area contributed by atoms with Gasteiger partial charge in [0.2, 0.25) is 5.75 Å². The Labute approximate surface area is 209 Å². The molecule has 192 valence electrons. The second-order valence-corrected chi connectivity index (χ2v) is 8.01. The van der Waals surface area contributed by atoms with Gasteiger partial charge in [0.05, 0.1) is 26.9 Å². The molecule has 0 N–H and O–H groups in total. The van der Waals surface area contributed by atoms with Crippen LogP contribution >= 0.6 is 0 Å². The standard InChI is InChI=1S/C26H29NO9/c1-7-25(27(2)3,18-11-9-8-10-12-18)26(34-21(28)13-14-22(29)35-26)36-24(30)17-15-19(31-4)23(33-6)20(16-17)32-5/h8-16H,7H2,1-6H3. The second-order valence-electron chi connectivity index (χ2n) is 8.01. The molecule has 1 aliphatic rings. The van der Waals surface area contributed by atoms with Crippen LogP contribution in [0, 0.1) is 0 Å². The molecule has 36 heavy (non-hydrogen) atoms. The summed E-state index contributed by atoms with van der Waals surface area (Å²) in [6.45, 7) is 1.79. The lowest BCUT2D eigenvalue weighted by atomic mass is 9.82. The fourth-order valence-corrected chi connectivity index (χ4v) is 4.32. The normalized spacial score (nSPS) is 16.3. The number of cyclic esters (lactones) is 2. The predicted octanol–water partition coefficient (Wildman–Crippen LogP) is 3.05. The summed E-state index contributed by atoms with van der Waals surface area (Å²) >= 11 is 0. The molecule has 3 rings (SSSR count). The largest absolute Gasteiger partial charge is 0.493 e. The number of hydrogen-bond donors (Lipinski definition) is 0. The first kappa shape index (κ1) is 26.6. The highest BCUT2D eigenvalue weighted by molar-refractivity contribution is 5.95. The van der Waals surface area contributed by atoms with Crippen molar-refractivity contribution in [2.45, 2.75) is 24.9 Å². The fourth-order valence-electron chi connectivity index (χ4n) is 4.32. The van der Waals surface area contributed by atoms with Gasteiger partial charge in [-0.05, 0) is 38.2 Å². The first-order valence-electron chi connectivity index (χ1n) is 11.1. The van der Waals surface area contributed by atoms with E-state index in [-0.39, 0.29) is 29.2 Å². The Bertz CT molecular complexity index is 1110. The molecule has 0 saturated carbocycles. The smallest absolute Gasteiger partial charge is 0.448 e. The zero-order chi connectivity index (χ0) is 26.5. The molecule has 0 fully saturated rings. The van der Waals surface area contributed by atoms with Gasteiger partial charge < -0.3 is 28.4 Å². The molecular weight excluding hydrogens is 470 g/mol. The number of nitrogens with zero attached hydrogens (tertiary/aromatic N) is 1. The highest BCUT2D eigenvalue weighted by Crippen LogP contribution is 2.46. The van der Waals surface area contributed by atoms with Gasteiger partial charge in [-0.25, -0.2) is 14.4 Å². The van der Waals surface area contributed by atoms with E-state index in [0.29, 0.717) is 5.56 Å². The van der Waals surface area contributed by atoms with Crippen LogP contribution in [-0.2, 0) is 29.3 Å². The van der Waals surface area contributed by atoms with Gasteiger partial charge in [-0.1, -0.05) is 37.3 Å². The third-order valence-corrected chi connectivity index (χ3v) is 5.99. The molecule has 1 unspecified atom stereocenters. The summed E-state index contributed by atoms with van der Waals surface area (Å²) in [6.07, 6.45) is 2.05. The third kappa shape index (κ3) is 4.59. The lowest BCUT2D eigenvalue weighted by Crippen LogP contribution is -2.65. The highest BCUT2D eigenvalue weighted by Gasteiger charge is 2.64. The fraction of sp³-hybridized carbons (Fsp3) is 0.346. The molecule has 0 aliphatic carbocycles. The van der Waals surface area contributed by atoms with Gasteiger partial charge in [-0.2, -0.15) is 0 Å². The molecule has 0 bridgehead atoms. The highest BCUT2D eigenvalue weighted by atomic mass is 16.9. The Morgan fingerprint density at radius 3 is 1.86 bits per heavy atom. The number of esters is 3. The van der Waals surface area contributed by atoms with Crippen molar-refractivity contribution in [1.29, 1.82) is 0 Å². The van der Waals surface area contributed by atoms with E-state index >= 15 is 0 Å². The van der Waals surface area contributed by atoms with E-state index in [2.05, 4.69) is 0 Å². The SMILES string of the molecule is CCC(c1ccccc1)(N(C)C)C1(OC(=O)c2cc(OC)c(OC)c(OC)c2)OC(=O)C=CC(=O)O1. The molecule has 0 radical (unpaired) electrons. The minimum absolute atomic E-state index is 0.0231.